The number of nitrogens with zero attached hydrogens (tertiary/aromatic N) is 1. The van der Waals surface area contributed by atoms with Gasteiger partial charge in [0.2, 0.25) is 0 Å². The molecule has 0 aromatic heterocycles. The van der Waals surface area contributed by atoms with E-state index in [1.54, 1.807) is 12.1 Å². The van der Waals surface area contributed by atoms with Crippen LogP contribution in [0.1, 0.15) is 65.9 Å². The smallest absolute Gasteiger partial charge is 0.334 e. The van der Waals surface area contributed by atoms with Crippen LogP contribution >= 0.6 is 11.6 Å². The molecule has 1 heterocycles. The summed E-state index contributed by atoms with van der Waals surface area (Å²) in [4.78, 5) is 12.3. The summed E-state index contributed by atoms with van der Waals surface area (Å²) >= 11 is 6.03. The van der Waals surface area contributed by atoms with Crippen molar-refractivity contribution in [2.45, 2.75) is 60.3 Å². The van der Waals surface area contributed by atoms with Crippen molar-refractivity contribution in [3.63, 3.8) is 0 Å². The van der Waals surface area contributed by atoms with Crippen LogP contribution in [0.5, 0.6) is 0 Å². The Morgan fingerprint density at radius 2 is 1.57 bits per heavy atom. The van der Waals surface area contributed by atoms with E-state index in [2.05, 4.69) is 52.9 Å². The van der Waals surface area contributed by atoms with Gasteiger partial charge in [0.05, 0.1) is 23.1 Å². The van der Waals surface area contributed by atoms with Crippen molar-refractivity contribution in [2.75, 3.05) is 0 Å². The Morgan fingerprint density at radius 3 is 2.00 bits per heavy atom. The predicted octanol–water partition coefficient (Wildman–Crippen LogP) is 6.02. The highest BCUT2D eigenvalue weighted by Gasteiger charge is 2.37. The third-order valence-corrected chi connectivity index (χ3v) is 4.75. The average molecular weight is 401 g/mol. The fourth-order valence-electron chi connectivity index (χ4n) is 3.52. The molecule has 1 unspecified atom stereocenters. The third-order valence-electron chi connectivity index (χ3n) is 4.50. The van der Waals surface area contributed by atoms with E-state index in [0.717, 1.165) is 11.3 Å². The molecule has 0 fully saturated rings. The molecule has 28 heavy (non-hydrogen) atoms. The molecular formula is C23H29ClN2O2. The normalized spacial score (nSPS) is 18.0. The predicted molar refractivity (Wildman–Crippen MR) is 113 cm³/mol. The maximum Gasteiger partial charge on any atom is 0.334 e. The number of nitriles is 1. The largest absolute Gasteiger partial charge is 0.478 e. The molecule has 2 N–H and O–H groups in total. The van der Waals surface area contributed by atoms with Gasteiger partial charge in [-0.2, -0.15) is 5.26 Å². The van der Waals surface area contributed by atoms with Gasteiger partial charge < -0.3 is 10.4 Å². The Hall–Kier alpha value is -2.25. The van der Waals surface area contributed by atoms with Crippen LogP contribution in [0.4, 0.5) is 0 Å². The van der Waals surface area contributed by atoms with Crippen molar-refractivity contribution in [3.8, 4) is 6.07 Å². The summed E-state index contributed by atoms with van der Waals surface area (Å²) in [6, 6.07) is 9.38. The van der Waals surface area contributed by atoms with Gasteiger partial charge in [-0.05, 0) is 41.4 Å². The van der Waals surface area contributed by atoms with E-state index in [0.29, 0.717) is 29.1 Å². The van der Waals surface area contributed by atoms with Crippen LogP contribution in [-0.4, -0.2) is 11.1 Å². The quantitative estimate of drug-likeness (QED) is 0.648. The van der Waals surface area contributed by atoms with E-state index in [-0.39, 0.29) is 16.4 Å². The van der Waals surface area contributed by atoms with Crippen LogP contribution < -0.4 is 5.32 Å². The maximum absolute atomic E-state index is 12.3. The van der Waals surface area contributed by atoms with E-state index in [9.17, 15) is 15.2 Å². The van der Waals surface area contributed by atoms with Gasteiger partial charge in [-0.25, -0.2) is 4.79 Å². The number of aliphatic carboxylic acids is 1. The lowest BCUT2D eigenvalue weighted by atomic mass is 9.76. The molecule has 0 aliphatic carbocycles. The van der Waals surface area contributed by atoms with Gasteiger partial charge in [0, 0.05) is 16.4 Å². The lowest BCUT2D eigenvalue weighted by molar-refractivity contribution is -0.133. The van der Waals surface area contributed by atoms with Crippen LogP contribution in [0.15, 0.2) is 46.8 Å². The second kappa shape index (κ2) is 8.01. The molecule has 2 rings (SSSR count). The SMILES string of the molecule is CC(C)(C)CC1=C(C#N)C(c2ccc(Cl)cc2)C(C(=O)O)=C(CC(C)(C)C)N1. The lowest BCUT2D eigenvalue weighted by Gasteiger charge is -2.34. The van der Waals surface area contributed by atoms with Gasteiger partial charge in [-0.3, -0.25) is 0 Å². The molecule has 0 bridgehead atoms. The number of carboxylic acids is 1. The first kappa shape index (κ1) is 22.0. The number of rotatable bonds is 4. The van der Waals surface area contributed by atoms with Crippen LogP contribution in [0.25, 0.3) is 0 Å². The van der Waals surface area contributed by atoms with Crippen molar-refractivity contribution in [3.05, 3.63) is 57.4 Å². The van der Waals surface area contributed by atoms with Gasteiger partial charge in [0.1, 0.15) is 0 Å². The van der Waals surface area contributed by atoms with Crippen molar-refractivity contribution >= 4 is 17.6 Å². The number of carboxylic acid groups (broad SMARTS) is 1. The van der Waals surface area contributed by atoms with Crippen LogP contribution in [-0.2, 0) is 4.79 Å². The van der Waals surface area contributed by atoms with E-state index in [1.807, 2.05) is 12.1 Å². The van der Waals surface area contributed by atoms with E-state index < -0.39 is 11.9 Å². The molecule has 0 spiro atoms. The Morgan fingerprint density at radius 1 is 1.07 bits per heavy atom. The van der Waals surface area contributed by atoms with Crippen molar-refractivity contribution in [1.82, 2.24) is 5.32 Å². The minimum atomic E-state index is -1.01. The Kier molecular flexibility index (Phi) is 6.31. The second-order valence-electron chi connectivity index (χ2n) is 9.79. The summed E-state index contributed by atoms with van der Waals surface area (Å²) in [7, 11) is 0. The summed E-state index contributed by atoms with van der Waals surface area (Å²) in [5.74, 6) is -1.62. The summed E-state index contributed by atoms with van der Waals surface area (Å²) in [5.41, 5.74) is 2.79. The third kappa shape index (κ3) is 5.39. The fraction of sp³-hybridized carbons (Fsp3) is 0.478. The molecule has 1 aromatic carbocycles. The first-order valence-corrected chi connectivity index (χ1v) is 9.82. The minimum Gasteiger partial charge on any atom is -0.478 e. The summed E-state index contributed by atoms with van der Waals surface area (Å²) < 4.78 is 0. The van der Waals surface area contributed by atoms with E-state index in [1.165, 1.54) is 0 Å². The lowest BCUT2D eigenvalue weighted by Crippen LogP contribution is -2.33. The monoisotopic (exact) mass is 400 g/mol. The van der Waals surface area contributed by atoms with Crippen molar-refractivity contribution in [2.24, 2.45) is 10.8 Å². The van der Waals surface area contributed by atoms with Gasteiger partial charge >= 0.3 is 5.97 Å². The number of benzene rings is 1. The highest BCUT2D eigenvalue weighted by atomic mass is 35.5. The number of dihydropyridines is 1. The zero-order valence-corrected chi connectivity index (χ0v) is 18.2. The van der Waals surface area contributed by atoms with Gasteiger partial charge in [0.15, 0.2) is 0 Å². The zero-order chi connectivity index (χ0) is 21.3. The molecule has 4 nitrogen and oxygen atoms in total. The minimum absolute atomic E-state index is 0.0530. The maximum atomic E-state index is 12.3. The van der Waals surface area contributed by atoms with Gasteiger partial charge in [-0.15, -0.1) is 0 Å². The van der Waals surface area contributed by atoms with Gasteiger partial charge in [-0.1, -0.05) is 65.3 Å². The Balaban J connectivity index is 2.74. The first-order chi connectivity index (χ1) is 12.8. The number of allylic oxidation sites excluding steroid dienone is 3. The number of carbonyl (C=O) groups is 1. The van der Waals surface area contributed by atoms with Crippen LogP contribution in [0.2, 0.25) is 5.02 Å². The Bertz CT molecular complexity index is 860. The van der Waals surface area contributed by atoms with Gasteiger partial charge in [0.25, 0.3) is 0 Å². The molecule has 1 atom stereocenters. The van der Waals surface area contributed by atoms with Crippen LogP contribution in [0, 0.1) is 22.2 Å². The zero-order valence-electron chi connectivity index (χ0n) is 17.5. The number of nitrogens with one attached hydrogen (secondary N) is 1. The summed E-state index contributed by atoms with van der Waals surface area (Å²) in [6.45, 7) is 12.5. The summed E-state index contributed by atoms with van der Waals surface area (Å²) in [5, 5.41) is 24.0. The molecule has 0 saturated heterocycles. The Labute approximate surface area is 172 Å². The molecule has 1 aliphatic heterocycles. The molecular weight excluding hydrogens is 372 g/mol. The average Bonchev–Trinajstić information content (AvgIpc) is 2.51. The number of hydrogen-bond acceptors (Lipinski definition) is 3. The molecule has 1 aromatic rings. The number of hydrogen-bond donors (Lipinski definition) is 2. The molecule has 1 aliphatic rings. The highest BCUT2D eigenvalue weighted by Crippen LogP contribution is 2.43. The fourth-order valence-corrected chi connectivity index (χ4v) is 3.65. The van der Waals surface area contributed by atoms with Crippen molar-refractivity contribution < 1.29 is 9.90 Å². The van der Waals surface area contributed by atoms with E-state index in [4.69, 9.17) is 11.6 Å². The van der Waals surface area contributed by atoms with Crippen LogP contribution in [0.3, 0.4) is 0 Å². The molecule has 150 valence electrons. The summed E-state index contributed by atoms with van der Waals surface area (Å²) in [6.07, 6.45) is 1.23. The standard InChI is InChI=1S/C23H29ClN2O2/c1-22(2,3)11-17-16(13-25)19(14-7-9-15(24)10-8-14)20(21(27)28)18(26-17)12-23(4,5)6/h7-10,19,26H,11-12H2,1-6H3,(H,27,28). The second-order valence-corrected chi connectivity index (χ2v) is 10.2. The number of halogens is 1. The molecule has 0 saturated carbocycles. The molecule has 0 radical (unpaired) electrons. The molecule has 0 amide bonds. The van der Waals surface area contributed by atoms with Crippen molar-refractivity contribution in [1.29, 1.82) is 5.26 Å². The van der Waals surface area contributed by atoms with E-state index >= 15 is 0 Å². The topological polar surface area (TPSA) is 73.1 Å². The highest BCUT2D eigenvalue weighted by molar-refractivity contribution is 6.30. The first-order valence-electron chi connectivity index (χ1n) is 9.44. The molecule has 5 heteroatoms.